The Labute approximate surface area is 142 Å². The number of amides is 1. The number of nitrogens with one attached hydrogen (secondary N) is 1. The van der Waals surface area contributed by atoms with Crippen LogP contribution in [-0.2, 0) is 4.79 Å². The summed E-state index contributed by atoms with van der Waals surface area (Å²) >= 11 is 0. The van der Waals surface area contributed by atoms with Gasteiger partial charge in [0.1, 0.15) is 5.75 Å². The van der Waals surface area contributed by atoms with Gasteiger partial charge in [0.05, 0.1) is 24.3 Å². The molecule has 1 unspecified atom stereocenters. The second kappa shape index (κ2) is 8.54. The Kier molecular flexibility index (Phi) is 6.16. The Bertz CT molecular complexity index is 741. The van der Waals surface area contributed by atoms with Gasteiger partial charge in [-0.2, -0.15) is 5.26 Å². The molecule has 2 aromatic rings. The van der Waals surface area contributed by atoms with Gasteiger partial charge in [-0.05, 0) is 55.3 Å². The third-order valence-corrected chi connectivity index (χ3v) is 3.52. The Balaban J connectivity index is 1.92. The molecule has 0 aromatic heterocycles. The van der Waals surface area contributed by atoms with Crippen LogP contribution in [0.2, 0.25) is 0 Å². The highest BCUT2D eigenvalue weighted by Crippen LogP contribution is 2.14. The van der Waals surface area contributed by atoms with Crippen molar-refractivity contribution in [1.29, 1.82) is 5.26 Å². The van der Waals surface area contributed by atoms with Crippen LogP contribution in [0.15, 0.2) is 54.6 Å². The average Bonchev–Trinajstić information content (AvgIpc) is 2.61. The second-order valence-corrected chi connectivity index (χ2v) is 5.30. The molecule has 24 heavy (non-hydrogen) atoms. The molecule has 2 aromatic carbocycles. The largest absolute Gasteiger partial charge is 0.494 e. The van der Waals surface area contributed by atoms with Crippen LogP contribution in [-0.4, -0.2) is 12.5 Å². The predicted molar refractivity (Wildman–Crippen MR) is 94.4 cm³/mol. The number of carbonyl (C=O) groups is 1. The number of hydrogen-bond donors (Lipinski definition) is 1. The molecule has 0 saturated heterocycles. The van der Waals surface area contributed by atoms with E-state index < -0.39 is 0 Å². The maximum atomic E-state index is 12.0. The van der Waals surface area contributed by atoms with Gasteiger partial charge in [-0.3, -0.25) is 4.79 Å². The van der Waals surface area contributed by atoms with Gasteiger partial charge in [-0.1, -0.05) is 24.3 Å². The quantitative estimate of drug-likeness (QED) is 0.822. The lowest BCUT2D eigenvalue weighted by Gasteiger charge is -2.12. The van der Waals surface area contributed by atoms with Crippen molar-refractivity contribution >= 4 is 12.0 Å². The summed E-state index contributed by atoms with van der Waals surface area (Å²) in [6.45, 7) is 4.47. The summed E-state index contributed by atoms with van der Waals surface area (Å²) in [4.78, 5) is 12.0. The summed E-state index contributed by atoms with van der Waals surface area (Å²) in [6.07, 6.45) is 3.27. The number of nitrogens with zero attached hydrogens (tertiary/aromatic N) is 1. The Morgan fingerprint density at radius 2 is 1.88 bits per heavy atom. The molecule has 4 nitrogen and oxygen atoms in total. The molecule has 0 heterocycles. The van der Waals surface area contributed by atoms with E-state index in [4.69, 9.17) is 10.00 Å². The van der Waals surface area contributed by atoms with E-state index in [0.29, 0.717) is 12.2 Å². The number of ether oxygens (including phenoxy) is 1. The molecular formula is C20H20N2O2. The fraction of sp³-hybridized carbons (Fsp3) is 0.200. The molecule has 0 bridgehead atoms. The summed E-state index contributed by atoms with van der Waals surface area (Å²) in [5, 5.41) is 11.7. The lowest BCUT2D eigenvalue weighted by Crippen LogP contribution is -2.24. The minimum absolute atomic E-state index is 0.129. The van der Waals surface area contributed by atoms with Crippen molar-refractivity contribution in [3.8, 4) is 11.8 Å². The average molecular weight is 320 g/mol. The Hall–Kier alpha value is -3.06. The van der Waals surface area contributed by atoms with E-state index in [0.717, 1.165) is 16.9 Å². The highest BCUT2D eigenvalue weighted by atomic mass is 16.5. The molecule has 4 heteroatoms. The zero-order chi connectivity index (χ0) is 17.4. The van der Waals surface area contributed by atoms with E-state index in [1.165, 1.54) is 6.08 Å². The van der Waals surface area contributed by atoms with Gasteiger partial charge >= 0.3 is 0 Å². The lowest BCUT2D eigenvalue weighted by atomic mass is 10.1. The van der Waals surface area contributed by atoms with Crippen LogP contribution in [0.25, 0.3) is 6.08 Å². The molecule has 1 N–H and O–H groups in total. The number of carbonyl (C=O) groups excluding carboxylic acids is 1. The number of rotatable bonds is 6. The van der Waals surface area contributed by atoms with Crippen molar-refractivity contribution in [2.45, 2.75) is 19.9 Å². The minimum Gasteiger partial charge on any atom is -0.494 e. The predicted octanol–water partition coefficient (Wildman–Crippen LogP) is 3.85. The third kappa shape index (κ3) is 4.99. The number of nitriles is 1. The molecule has 0 saturated carbocycles. The smallest absolute Gasteiger partial charge is 0.244 e. The standard InChI is InChI=1S/C20H20N2O2/c1-3-24-19-11-6-16(7-12-19)8-13-20(23)22-15(2)18-9-4-17(14-21)5-10-18/h4-13,15H,3H2,1-2H3,(H,22,23)/b13-8+. The molecule has 0 fully saturated rings. The summed E-state index contributed by atoms with van der Waals surface area (Å²) in [6, 6.07) is 16.7. The van der Waals surface area contributed by atoms with Crippen molar-refractivity contribution in [3.05, 3.63) is 71.3 Å². The van der Waals surface area contributed by atoms with Crippen LogP contribution in [0.4, 0.5) is 0 Å². The van der Waals surface area contributed by atoms with E-state index in [-0.39, 0.29) is 11.9 Å². The Morgan fingerprint density at radius 3 is 2.46 bits per heavy atom. The topological polar surface area (TPSA) is 62.1 Å². The van der Waals surface area contributed by atoms with Gasteiger partial charge in [0, 0.05) is 6.08 Å². The molecule has 0 aliphatic carbocycles. The lowest BCUT2D eigenvalue weighted by molar-refractivity contribution is -0.117. The fourth-order valence-corrected chi connectivity index (χ4v) is 2.20. The normalized spacial score (nSPS) is 11.7. The zero-order valence-corrected chi connectivity index (χ0v) is 13.8. The first kappa shape index (κ1) is 17.3. The van der Waals surface area contributed by atoms with Gasteiger partial charge in [0.2, 0.25) is 5.91 Å². The molecule has 0 aliphatic rings. The summed E-state index contributed by atoms with van der Waals surface area (Å²) in [5.74, 6) is 0.647. The monoisotopic (exact) mass is 320 g/mol. The van der Waals surface area contributed by atoms with Crippen LogP contribution in [0, 0.1) is 11.3 Å². The zero-order valence-electron chi connectivity index (χ0n) is 13.8. The summed E-state index contributed by atoms with van der Waals surface area (Å²) < 4.78 is 5.38. The van der Waals surface area contributed by atoms with Crippen LogP contribution in [0.3, 0.4) is 0 Å². The molecule has 0 radical (unpaired) electrons. The van der Waals surface area contributed by atoms with Crippen molar-refractivity contribution in [2.24, 2.45) is 0 Å². The highest BCUT2D eigenvalue weighted by Gasteiger charge is 2.07. The van der Waals surface area contributed by atoms with E-state index >= 15 is 0 Å². The molecule has 2 rings (SSSR count). The SMILES string of the molecule is CCOc1ccc(/C=C/C(=O)NC(C)c2ccc(C#N)cc2)cc1. The summed E-state index contributed by atoms with van der Waals surface area (Å²) in [5.41, 5.74) is 2.49. The molecule has 122 valence electrons. The first-order chi connectivity index (χ1) is 11.6. The van der Waals surface area contributed by atoms with Crippen molar-refractivity contribution in [1.82, 2.24) is 5.32 Å². The van der Waals surface area contributed by atoms with Gasteiger partial charge in [-0.15, -0.1) is 0 Å². The van der Waals surface area contributed by atoms with Crippen molar-refractivity contribution in [2.75, 3.05) is 6.61 Å². The van der Waals surface area contributed by atoms with Crippen LogP contribution >= 0.6 is 0 Å². The highest BCUT2D eigenvalue weighted by molar-refractivity contribution is 5.92. The van der Waals surface area contributed by atoms with Gasteiger partial charge < -0.3 is 10.1 Å². The Morgan fingerprint density at radius 1 is 1.21 bits per heavy atom. The van der Waals surface area contributed by atoms with Gasteiger partial charge in [-0.25, -0.2) is 0 Å². The first-order valence-corrected chi connectivity index (χ1v) is 7.84. The maximum Gasteiger partial charge on any atom is 0.244 e. The number of hydrogen-bond acceptors (Lipinski definition) is 3. The van der Waals surface area contributed by atoms with E-state index in [9.17, 15) is 4.79 Å². The van der Waals surface area contributed by atoms with Gasteiger partial charge in [0.25, 0.3) is 0 Å². The summed E-state index contributed by atoms with van der Waals surface area (Å²) in [7, 11) is 0. The second-order valence-electron chi connectivity index (χ2n) is 5.30. The van der Waals surface area contributed by atoms with Crippen LogP contribution < -0.4 is 10.1 Å². The first-order valence-electron chi connectivity index (χ1n) is 7.84. The molecule has 1 atom stereocenters. The third-order valence-electron chi connectivity index (χ3n) is 3.52. The number of benzene rings is 2. The van der Waals surface area contributed by atoms with E-state index in [1.807, 2.05) is 50.2 Å². The van der Waals surface area contributed by atoms with Crippen molar-refractivity contribution in [3.63, 3.8) is 0 Å². The van der Waals surface area contributed by atoms with Gasteiger partial charge in [0.15, 0.2) is 0 Å². The van der Waals surface area contributed by atoms with Crippen LogP contribution in [0.1, 0.15) is 36.6 Å². The maximum absolute atomic E-state index is 12.0. The van der Waals surface area contributed by atoms with E-state index in [2.05, 4.69) is 11.4 Å². The van der Waals surface area contributed by atoms with E-state index in [1.54, 1.807) is 18.2 Å². The van der Waals surface area contributed by atoms with Crippen molar-refractivity contribution < 1.29 is 9.53 Å². The minimum atomic E-state index is -0.166. The molecule has 1 amide bonds. The molecule has 0 aliphatic heterocycles. The fourth-order valence-electron chi connectivity index (χ4n) is 2.20. The molecule has 0 spiro atoms. The van der Waals surface area contributed by atoms with Crippen LogP contribution in [0.5, 0.6) is 5.75 Å². The molecular weight excluding hydrogens is 300 g/mol.